The van der Waals surface area contributed by atoms with Gasteiger partial charge in [0.25, 0.3) is 0 Å². The van der Waals surface area contributed by atoms with Gasteiger partial charge < -0.3 is 9.15 Å². The van der Waals surface area contributed by atoms with Crippen molar-refractivity contribution in [2.24, 2.45) is 0 Å². The fourth-order valence-electron chi connectivity index (χ4n) is 2.18. The van der Waals surface area contributed by atoms with Crippen molar-refractivity contribution < 1.29 is 13.5 Å². The van der Waals surface area contributed by atoms with E-state index in [1.54, 1.807) is 24.3 Å². The van der Waals surface area contributed by atoms with Gasteiger partial charge in [-0.15, -0.1) is 0 Å². The molecule has 1 heterocycles. The number of para-hydroxylation sites is 1. The van der Waals surface area contributed by atoms with Crippen molar-refractivity contribution in [2.45, 2.75) is 13.5 Å². The van der Waals surface area contributed by atoms with Crippen LogP contribution < -0.4 is 10.4 Å². The summed E-state index contributed by atoms with van der Waals surface area (Å²) < 4.78 is 24.2. The summed E-state index contributed by atoms with van der Waals surface area (Å²) in [6.45, 7) is 1.87. The Balaban J connectivity index is 2.01. The predicted molar refractivity (Wildman–Crippen MR) is 83.0 cm³/mol. The highest BCUT2D eigenvalue weighted by Crippen LogP contribution is 2.26. The number of aryl methyl sites for hydroxylation is 1. The van der Waals surface area contributed by atoms with E-state index in [-0.39, 0.29) is 12.4 Å². The molecule has 112 valence electrons. The minimum Gasteiger partial charge on any atom is -0.486 e. The number of halogens is 2. The number of ether oxygens (including phenoxy) is 1. The first-order valence-electron chi connectivity index (χ1n) is 6.65. The van der Waals surface area contributed by atoms with E-state index in [1.807, 2.05) is 6.92 Å². The minimum atomic E-state index is -0.485. The molecule has 0 aliphatic rings. The van der Waals surface area contributed by atoms with E-state index in [2.05, 4.69) is 0 Å². The van der Waals surface area contributed by atoms with Crippen molar-refractivity contribution in [1.29, 1.82) is 0 Å². The molecule has 3 nitrogen and oxygen atoms in total. The molecule has 0 N–H and O–H groups in total. The quantitative estimate of drug-likeness (QED) is 0.669. The van der Waals surface area contributed by atoms with Crippen LogP contribution in [-0.4, -0.2) is 0 Å². The van der Waals surface area contributed by atoms with Crippen molar-refractivity contribution in [1.82, 2.24) is 0 Å². The van der Waals surface area contributed by atoms with Crippen molar-refractivity contribution >= 4 is 22.6 Å². The van der Waals surface area contributed by atoms with Crippen LogP contribution in [0.3, 0.4) is 0 Å². The summed E-state index contributed by atoms with van der Waals surface area (Å²) >= 11 is 6.12. The van der Waals surface area contributed by atoms with E-state index in [1.165, 1.54) is 18.2 Å². The SMILES string of the molecule is Cc1cc2oc(=O)cc(COc3ccccc3F)c2cc1Cl. The first kappa shape index (κ1) is 14.6. The van der Waals surface area contributed by atoms with Gasteiger partial charge in [-0.3, -0.25) is 0 Å². The Kier molecular flexibility index (Phi) is 3.86. The first-order valence-corrected chi connectivity index (χ1v) is 7.02. The molecule has 3 rings (SSSR count). The van der Waals surface area contributed by atoms with E-state index >= 15 is 0 Å². The molecule has 3 aromatic rings. The first-order chi connectivity index (χ1) is 10.5. The van der Waals surface area contributed by atoms with Crippen LogP contribution in [0.1, 0.15) is 11.1 Å². The van der Waals surface area contributed by atoms with Crippen molar-refractivity contribution in [3.63, 3.8) is 0 Å². The average molecular weight is 319 g/mol. The normalized spacial score (nSPS) is 10.9. The maximum atomic E-state index is 13.6. The molecule has 0 amide bonds. The molecule has 0 saturated heterocycles. The molecule has 0 unspecified atom stereocenters. The predicted octanol–water partition coefficient (Wildman–Crippen LogP) is 4.47. The molecule has 22 heavy (non-hydrogen) atoms. The zero-order valence-corrected chi connectivity index (χ0v) is 12.5. The molecule has 0 atom stereocenters. The monoisotopic (exact) mass is 318 g/mol. The maximum Gasteiger partial charge on any atom is 0.336 e. The van der Waals surface area contributed by atoms with E-state index in [0.29, 0.717) is 21.6 Å². The Labute approximate surface area is 130 Å². The number of fused-ring (bicyclic) bond motifs is 1. The lowest BCUT2D eigenvalue weighted by Crippen LogP contribution is -2.05. The van der Waals surface area contributed by atoms with Crippen LogP contribution in [0.4, 0.5) is 4.39 Å². The molecule has 0 radical (unpaired) electrons. The van der Waals surface area contributed by atoms with Gasteiger partial charge in [0, 0.05) is 22.0 Å². The lowest BCUT2D eigenvalue weighted by atomic mass is 10.1. The number of hydrogen-bond donors (Lipinski definition) is 0. The largest absolute Gasteiger partial charge is 0.486 e. The van der Waals surface area contributed by atoms with Gasteiger partial charge in [0.1, 0.15) is 12.2 Å². The van der Waals surface area contributed by atoms with Gasteiger partial charge in [-0.2, -0.15) is 0 Å². The molecule has 0 aliphatic heterocycles. The average Bonchev–Trinajstić information content (AvgIpc) is 2.48. The number of benzene rings is 2. The summed E-state index contributed by atoms with van der Waals surface area (Å²) in [6, 6.07) is 10.8. The second kappa shape index (κ2) is 5.81. The Morgan fingerprint density at radius 3 is 2.77 bits per heavy atom. The zero-order chi connectivity index (χ0) is 15.7. The molecular formula is C17H12ClFO3. The van der Waals surface area contributed by atoms with Gasteiger partial charge >= 0.3 is 5.63 Å². The third kappa shape index (κ3) is 2.83. The van der Waals surface area contributed by atoms with Gasteiger partial charge in [0.15, 0.2) is 11.6 Å². The van der Waals surface area contributed by atoms with Crippen LogP contribution in [0.25, 0.3) is 11.0 Å². The van der Waals surface area contributed by atoms with Gasteiger partial charge in [-0.1, -0.05) is 23.7 Å². The molecule has 5 heteroatoms. The second-order valence-corrected chi connectivity index (χ2v) is 5.31. The highest BCUT2D eigenvalue weighted by Gasteiger charge is 2.10. The molecule has 0 fully saturated rings. The Morgan fingerprint density at radius 1 is 1.23 bits per heavy atom. The zero-order valence-electron chi connectivity index (χ0n) is 11.7. The van der Waals surface area contributed by atoms with Crippen molar-refractivity contribution in [2.75, 3.05) is 0 Å². The fourth-order valence-corrected chi connectivity index (χ4v) is 2.35. The summed E-state index contributed by atoms with van der Waals surface area (Å²) in [5.74, 6) is -0.328. The Hall–Kier alpha value is -2.33. The summed E-state index contributed by atoms with van der Waals surface area (Å²) in [7, 11) is 0. The molecule has 0 aliphatic carbocycles. The van der Waals surface area contributed by atoms with E-state index in [4.69, 9.17) is 20.8 Å². The third-order valence-corrected chi connectivity index (χ3v) is 3.74. The standard InChI is InChI=1S/C17H12ClFO3/c1-10-6-16-12(8-13(10)18)11(7-17(20)22-16)9-21-15-5-3-2-4-14(15)19/h2-8H,9H2,1H3. The Bertz CT molecular complexity index is 902. The van der Waals surface area contributed by atoms with Gasteiger partial charge in [-0.05, 0) is 36.8 Å². The molecular weight excluding hydrogens is 307 g/mol. The Morgan fingerprint density at radius 2 is 2.00 bits per heavy atom. The summed E-state index contributed by atoms with van der Waals surface area (Å²) in [5, 5.41) is 1.24. The van der Waals surface area contributed by atoms with Crippen molar-refractivity contribution in [3.05, 3.63) is 74.9 Å². The van der Waals surface area contributed by atoms with E-state index < -0.39 is 11.4 Å². The minimum absolute atomic E-state index is 0.0441. The van der Waals surface area contributed by atoms with E-state index in [0.717, 1.165) is 5.56 Å². The van der Waals surface area contributed by atoms with Gasteiger partial charge in [0.05, 0.1) is 0 Å². The molecule has 0 saturated carbocycles. The fraction of sp³-hybridized carbons (Fsp3) is 0.118. The van der Waals surface area contributed by atoms with Crippen LogP contribution in [0.15, 0.2) is 51.7 Å². The lowest BCUT2D eigenvalue weighted by Gasteiger charge is -2.10. The number of hydrogen-bond acceptors (Lipinski definition) is 3. The number of rotatable bonds is 3. The lowest BCUT2D eigenvalue weighted by molar-refractivity contribution is 0.291. The highest BCUT2D eigenvalue weighted by molar-refractivity contribution is 6.32. The van der Waals surface area contributed by atoms with Crippen LogP contribution in [0, 0.1) is 12.7 Å². The highest BCUT2D eigenvalue weighted by atomic mass is 35.5. The summed E-state index contributed by atoms with van der Waals surface area (Å²) in [4.78, 5) is 11.6. The topological polar surface area (TPSA) is 39.4 Å². The molecule has 0 bridgehead atoms. The summed E-state index contributed by atoms with van der Waals surface area (Å²) in [5.41, 5.74) is 1.35. The smallest absolute Gasteiger partial charge is 0.336 e. The van der Waals surface area contributed by atoms with Gasteiger partial charge in [-0.25, -0.2) is 9.18 Å². The van der Waals surface area contributed by atoms with Gasteiger partial charge in [0.2, 0.25) is 0 Å². The maximum absolute atomic E-state index is 13.6. The molecule has 0 spiro atoms. The van der Waals surface area contributed by atoms with Crippen LogP contribution in [0.5, 0.6) is 5.75 Å². The third-order valence-electron chi connectivity index (χ3n) is 3.33. The van der Waals surface area contributed by atoms with E-state index in [9.17, 15) is 9.18 Å². The molecule has 2 aromatic carbocycles. The van der Waals surface area contributed by atoms with Crippen LogP contribution in [-0.2, 0) is 6.61 Å². The van der Waals surface area contributed by atoms with Crippen LogP contribution >= 0.6 is 11.6 Å². The van der Waals surface area contributed by atoms with Crippen LogP contribution in [0.2, 0.25) is 5.02 Å². The summed E-state index contributed by atoms with van der Waals surface area (Å²) in [6.07, 6.45) is 0. The second-order valence-electron chi connectivity index (χ2n) is 4.91. The molecule has 1 aromatic heterocycles. The van der Waals surface area contributed by atoms with Crippen molar-refractivity contribution in [3.8, 4) is 5.75 Å².